The second-order valence-corrected chi connectivity index (χ2v) is 7.06. The van der Waals surface area contributed by atoms with Crippen LogP contribution in [-0.4, -0.2) is 49.1 Å². The van der Waals surface area contributed by atoms with Gasteiger partial charge in [0.15, 0.2) is 0 Å². The summed E-state index contributed by atoms with van der Waals surface area (Å²) in [5, 5.41) is 2.92. The van der Waals surface area contributed by atoms with Crippen LogP contribution in [0, 0.1) is 12.8 Å². The molecule has 1 fully saturated rings. The van der Waals surface area contributed by atoms with Gasteiger partial charge in [-0.25, -0.2) is 0 Å². The molecule has 1 atom stereocenters. The molecule has 0 aromatic carbocycles. The van der Waals surface area contributed by atoms with Crippen molar-refractivity contribution >= 4 is 11.8 Å². The van der Waals surface area contributed by atoms with E-state index in [1.807, 2.05) is 0 Å². The highest BCUT2D eigenvalue weighted by atomic mass is 16.5. The van der Waals surface area contributed by atoms with Gasteiger partial charge < -0.3 is 19.4 Å². The zero-order valence-corrected chi connectivity index (χ0v) is 15.5. The van der Waals surface area contributed by atoms with Gasteiger partial charge in [0.1, 0.15) is 5.76 Å². The number of rotatable bonds is 9. The summed E-state index contributed by atoms with van der Waals surface area (Å²) < 4.78 is 10.9. The maximum absolute atomic E-state index is 12.8. The molecule has 6 heteroatoms. The minimum atomic E-state index is -0.100. The maximum atomic E-state index is 12.8. The van der Waals surface area contributed by atoms with E-state index in [2.05, 4.69) is 19.2 Å². The van der Waals surface area contributed by atoms with Crippen molar-refractivity contribution in [3.63, 3.8) is 0 Å². The Morgan fingerprint density at radius 3 is 2.80 bits per heavy atom. The normalized spacial score (nSPS) is 17.0. The number of ether oxygens (including phenoxy) is 1. The standard InChI is InChI=1S/C19H30N2O4/c1-14(2)6-9-20-18(22)7-10-21(13-16-5-4-11-25-16)19(23)17-8-12-24-15(17)3/h8,12,14,16H,4-7,9-11,13H2,1-3H3,(H,20,22)/t16-/m1/s1. The van der Waals surface area contributed by atoms with Crippen molar-refractivity contribution in [1.29, 1.82) is 0 Å². The first-order valence-electron chi connectivity index (χ1n) is 9.19. The van der Waals surface area contributed by atoms with E-state index < -0.39 is 0 Å². The lowest BCUT2D eigenvalue weighted by Crippen LogP contribution is -2.40. The van der Waals surface area contributed by atoms with Gasteiger partial charge in [-0.15, -0.1) is 0 Å². The second kappa shape index (κ2) is 9.61. The molecule has 140 valence electrons. The van der Waals surface area contributed by atoms with E-state index in [9.17, 15) is 9.59 Å². The number of carbonyl (C=O) groups is 2. The molecule has 0 bridgehead atoms. The van der Waals surface area contributed by atoms with Crippen LogP contribution in [0.1, 0.15) is 55.6 Å². The monoisotopic (exact) mass is 350 g/mol. The summed E-state index contributed by atoms with van der Waals surface area (Å²) >= 11 is 0. The Morgan fingerprint density at radius 2 is 2.20 bits per heavy atom. The Bertz CT molecular complexity index is 562. The van der Waals surface area contributed by atoms with Gasteiger partial charge in [0.05, 0.1) is 17.9 Å². The number of amides is 2. The third kappa shape index (κ3) is 6.20. The molecule has 2 amide bonds. The van der Waals surface area contributed by atoms with Gasteiger partial charge in [-0.3, -0.25) is 9.59 Å². The van der Waals surface area contributed by atoms with Crippen LogP contribution in [0.2, 0.25) is 0 Å². The first-order valence-corrected chi connectivity index (χ1v) is 9.19. The predicted molar refractivity (Wildman–Crippen MR) is 95.4 cm³/mol. The minimum Gasteiger partial charge on any atom is -0.469 e. The number of aryl methyl sites for hydroxylation is 1. The fraction of sp³-hybridized carbons (Fsp3) is 0.684. The molecule has 1 aromatic heterocycles. The summed E-state index contributed by atoms with van der Waals surface area (Å²) in [5.41, 5.74) is 0.554. The number of furan rings is 1. The first-order chi connectivity index (χ1) is 12.0. The van der Waals surface area contributed by atoms with Crippen LogP contribution in [0.4, 0.5) is 0 Å². The molecule has 2 heterocycles. The molecule has 0 unspecified atom stereocenters. The summed E-state index contributed by atoms with van der Waals surface area (Å²) in [4.78, 5) is 26.6. The van der Waals surface area contributed by atoms with Crippen LogP contribution < -0.4 is 5.32 Å². The summed E-state index contributed by atoms with van der Waals surface area (Å²) in [6.07, 6.45) is 4.80. The zero-order chi connectivity index (χ0) is 18.2. The van der Waals surface area contributed by atoms with Gasteiger partial charge in [0.25, 0.3) is 5.91 Å². The van der Waals surface area contributed by atoms with E-state index in [1.54, 1.807) is 17.9 Å². The Hall–Kier alpha value is -1.82. The van der Waals surface area contributed by atoms with Gasteiger partial charge in [0, 0.05) is 32.7 Å². The van der Waals surface area contributed by atoms with E-state index in [1.165, 1.54) is 6.26 Å². The van der Waals surface area contributed by atoms with Gasteiger partial charge >= 0.3 is 0 Å². The van der Waals surface area contributed by atoms with E-state index >= 15 is 0 Å². The molecule has 1 aliphatic heterocycles. The predicted octanol–water partition coefficient (Wildman–Crippen LogP) is 2.76. The molecule has 1 aliphatic rings. The zero-order valence-electron chi connectivity index (χ0n) is 15.5. The number of nitrogens with one attached hydrogen (secondary N) is 1. The second-order valence-electron chi connectivity index (χ2n) is 7.06. The highest BCUT2D eigenvalue weighted by molar-refractivity contribution is 5.95. The highest BCUT2D eigenvalue weighted by Crippen LogP contribution is 2.17. The third-order valence-corrected chi connectivity index (χ3v) is 4.48. The third-order valence-electron chi connectivity index (χ3n) is 4.48. The van der Waals surface area contributed by atoms with Crippen molar-refractivity contribution in [2.45, 2.75) is 52.6 Å². The average molecular weight is 350 g/mol. The van der Waals surface area contributed by atoms with Crippen molar-refractivity contribution in [2.24, 2.45) is 5.92 Å². The molecule has 1 aromatic rings. The Balaban J connectivity index is 1.91. The quantitative estimate of drug-likeness (QED) is 0.743. The smallest absolute Gasteiger partial charge is 0.257 e. The summed E-state index contributed by atoms with van der Waals surface area (Å²) in [6, 6.07) is 1.68. The molecular weight excluding hydrogens is 320 g/mol. The summed E-state index contributed by atoms with van der Waals surface area (Å²) in [5.74, 6) is 1.04. The fourth-order valence-electron chi connectivity index (χ4n) is 2.91. The van der Waals surface area contributed by atoms with Gasteiger partial charge in [0.2, 0.25) is 5.91 Å². The average Bonchev–Trinajstić information content (AvgIpc) is 3.21. The lowest BCUT2D eigenvalue weighted by molar-refractivity contribution is -0.121. The largest absolute Gasteiger partial charge is 0.469 e. The number of hydrogen-bond acceptors (Lipinski definition) is 4. The van der Waals surface area contributed by atoms with Crippen LogP contribution in [0.25, 0.3) is 0 Å². The number of carbonyl (C=O) groups excluding carboxylic acids is 2. The lowest BCUT2D eigenvalue weighted by Gasteiger charge is -2.25. The molecule has 1 N–H and O–H groups in total. The van der Waals surface area contributed by atoms with Crippen molar-refractivity contribution in [3.05, 3.63) is 23.7 Å². The summed E-state index contributed by atoms with van der Waals surface area (Å²) in [7, 11) is 0. The van der Waals surface area contributed by atoms with Crippen LogP contribution in [0.3, 0.4) is 0 Å². The van der Waals surface area contributed by atoms with Gasteiger partial charge in [-0.05, 0) is 38.2 Å². The van der Waals surface area contributed by atoms with Crippen LogP contribution in [-0.2, 0) is 9.53 Å². The lowest BCUT2D eigenvalue weighted by atomic mass is 10.1. The molecule has 0 saturated carbocycles. The van der Waals surface area contributed by atoms with Crippen LogP contribution in [0.15, 0.2) is 16.7 Å². The molecule has 0 spiro atoms. The molecule has 1 saturated heterocycles. The Kier molecular flexibility index (Phi) is 7.50. The van der Waals surface area contributed by atoms with Crippen molar-refractivity contribution in [1.82, 2.24) is 10.2 Å². The van der Waals surface area contributed by atoms with Gasteiger partial charge in [-0.1, -0.05) is 13.8 Å². The number of nitrogens with zero attached hydrogens (tertiary/aromatic N) is 1. The molecule has 2 rings (SSSR count). The Labute approximate surface area is 149 Å². The number of hydrogen-bond donors (Lipinski definition) is 1. The van der Waals surface area contributed by atoms with E-state index in [4.69, 9.17) is 9.15 Å². The van der Waals surface area contributed by atoms with Crippen molar-refractivity contribution in [3.8, 4) is 0 Å². The van der Waals surface area contributed by atoms with E-state index in [0.29, 0.717) is 43.3 Å². The molecular formula is C19H30N2O4. The molecule has 0 radical (unpaired) electrons. The molecule has 6 nitrogen and oxygen atoms in total. The van der Waals surface area contributed by atoms with Gasteiger partial charge in [-0.2, -0.15) is 0 Å². The van der Waals surface area contributed by atoms with E-state index in [0.717, 1.165) is 25.9 Å². The maximum Gasteiger partial charge on any atom is 0.257 e. The summed E-state index contributed by atoms with van der Waals surface area (Å²) in [6.45, 7) is 8.35. The minimum absolute atomic E-state index is 0.0188. The fourth-order valence-corrected chi connectivity index (χ4v) is 2.91. The topological polar surface area (TPSA) is 71.8 Å². The molecule has 25 heavy (non-hydrogen) atoms. The SMILES string of the molecule is Cc1occc1C(=O)N(CCC(=O)NCCC(C)C)C[C@H]1CCCO1. The first kappa shape index (κ1) is 19.5. The van der Waals surface area contributed by atoms with Crippen LogP contribution in [0.5, 0.6) is 0 Å². The highest BCUT2D eigenvalue weighted by Gasteiger charge is 2.25. The van der Waals surface area contributed by atoms with Crippen LogP contribution >= 0.6 is 0 Å². The molecule has 0 aliphatic carbocycles. The Morgan fingerprint density at radius 1 is 1.40 bits per heavy atom. The van der Waals surface area contributed by atoms with E-state index in [-0.39, 0.29) is 17.9 Å². The van der Waals surface area contributed by atoms with Crippen molar-refractivity contribution < 1.29 is 18.7 Å². The van der Waals surface area contributed by atoms with Crippen molar-refractivity contribution in [2.75, 3.05) is 26.2 Å².